The summed E-state index contributed by atoms with van der Waals surface area (Å²) in [6, 6.07) is 18.2. The zero-order chi connectivity index (χ0) is 31.7. The van der Waals surface area contributed by atoms with Crippen molar-refractivity contribution >= 4 is 12.0 Å². The first-order valence-corrected chi connectivity index (χ1v) is 15.6. The number of halogens is 3. The number of nitrogens with zero attached hydrogens (tertiary/aromatic N) is 2. The largest absolute Gasteiger partial charge is 0.504 e. The second kappa shape index (κ2) is 10.6. The van der Waals surface area contributed by atoms with Gasteiger partial charge in [-0.25, -0.2) is 0 Å². The van der Waals surface area contributed by atoms with Gasteiger partial charge in [0.15, 0.2) is 11.5 Å². The highest BCUT2D eigenvalue weighted by Crippen LogP contribution is 2.66. The predicted octanol–water partition coefficient (Wildman–Crippen LogP) is 5.59. The van der Waals surface area contributed by atoms with Crippen molar-refractivity contribution in [1.29, 1.82) is 0 Å². The van der Waals surface area contributed by atoms with Gasteiger partial charge in [-0.15, -0.1) is 0 Å². The lowest BCUT2D eigenvalue weighted by atomic mass is 9.46. The number of alkyl halides is 3. The van der Waals surface area contributed by atoms with E-state index in [2.05, 4.69) is 17.0 Å². The Morgan fingerprint density at radius 1 is 1.13 bits per heavy atom. The molecule has 236 valence electrons. The Bertz CT molecular complexity index is 1660. The van der Waals surface area contributed by atoms with Crippen molar-refractivity contribution in [3.8, 4) is 11.5 Å². The number of phenols is 1. The van der Waals surface area contributed by atoms with Gasteiger partial charge in [-0.05, 0) is 79.1 Å². The number of phenolic OH excluding ortho intramolecular Hbond substituents is 1. The van der Waals surface area contributed by atoms with E-state index in [9.17, 15) is 28.2 Å². The molecule has 7 rings (SSSR count). The maximum Gasteiger partial charge on any atom is 0.416 e. The van der Waals surface area contributed by atoms with Gasteiger partial charge < -0.3 is 19.8 Å². The van der Waals surface area contributed by atoms with Gasteiger partial charge in [0.1, 0.15) is 6.10 Å². The average molecular weight is 619 g/mol. The van der Waals surface area contributed by atoms with Gasteiger partial charge >= 0.3 is 6.18 Å². The molecule has 2 heterocycles. The molecule has 2 aliphatic heterocycles. The molecule has 2 aliphatic carbocycles. The number of likely N-dealkylation sites (N-methyl/N-ethyl adjacent to an activating group) is 1. The van der Waals surface area contributed by atoms with E-state index in [0.717, 1.165) is 42.8 Å². The summed E-state index contributed by atoms with van der Waals surface area (Å²) in [7, 11) is 1.68. The standard InChI is InChI=1S/C36H37F3N2O4/c1-22-21-35(44)28-20-25-12-13-27(42)32-30(25)34(35,16-18-41(28)17-15-23-7-4-3-5-8-23)33(45-32)31(22)40(2)29(43)14-11-24-9-6-10-26(19-24)36(37,38)39/h3-14,19,22,28,31,33,42,44H,15-18,20-21H2,1-2H3/t22-,28+,31+,33-,34-,35+/m0/s1. The molecular weight excluding hydrogens is 581 g/mol. The number of likely N-dealkylation sites (tertiary alicyclic amines) is 1. The number of carbonyl (C=O) groups excluding carboxylic acids is 1. The van der Waals surface area contributed by atoms with E-state index in [0.29, 0.717) is 25.0 Å². The molecule has 1 saturated carbocycles. The van der Waals surface area contributed by atoms with Crippen molar-refractivity contribution in [3.63, 3.8) is 0 Å². The van der Waals surface area contributed by atoms with Gasteiger partial charge in [-0.2, -0.15) is 13.2 Å². The van der Waals surface area contributed by atoms with Crippen LogP contribution in [0.2, 0.25) is 0 Å². The van der Waals surface area contributed by atoms with E-state index < -0.39 is 34.9 Å². The Hall–Kier alpha value is -3.82. The number of hydrogen-bond donors (Lipinski definition) is 2. The van der Waals surface area contributed by atoms with Crippen LogP contribution in [0.3, 0.4) is 0 Å². The first-order chi connectivity index (χ1) is 21.4. The minimum absolute atomic E-state index is 0.0228. The van der Waals surface area contributed by atoms with E-state index in [1.54, 1.807) is 18.0 Å². The molecule has 45 heavy (non-hydrogen) atoms. The summed E-state index contributed by atoms with van der Waals surface area (Å²) in [4.78, 5) is 17.6. The molecule has 9 heteroatoms. The molecule has 1 spiro atoms. The fraction of sp³-hybridized carbons (Fsp3) is 0.417. The van der Waals surface area contributed by atoms with Gasteiger partial charge in [0, 0.05) is 31.3 Å². The van der Waals surface area contributed by atoms with Crippen LogP contribution in [-0.2, 0) is 29.2 Å². The second-order valence-electron chi connectivity index (χ2n) is 13.2. The number of ether oxygens (including phenoxy) is 1. The molecule has 2 bridgehead atoms. The molecule has 3 aromatic carbocycles. The van der Waals surface area contributed by atoms with Crippen LogP contribution in [0.4, 0.5) is 13.2 Å². The van der Waals surface area contributed by atoms with Crippen LogP contribution in [0.25, 0.3) is 6.08 Å². The van der Waals surface area contributed by atoms with Crippen LogP contribution in [0.1, 0.15) is 47.6 Å². The predicted molar refractivity (Wildman–Crippen MR) is 164 cm³/mol. The van der Waals surface area contributed by atoms with Crippen LogP contribution >= 0.6 is 0 Å². The number of aromatic hydroxyl groups is 1. The average Bonchev–Trinajstić information content (AvgIpc) is 3.36. The Labute approximate surface area is 260 Å². The van der Waals surface area contributed by atoms with Gasteiger partial charge in [-0.3, -0.25) is 9.69 Å². The van der Waals surface area contributed by atoms with Crippen molar-refractivity contribution in [2.24, 2.45) is 5.92 Å². The summed E-state index contributed by atoms with van der Waals surface area (Å²) >= 11 is 0. The number of piperidine rings is 1. The lowest BCUT2D eigenvalue weighted by Gasteiger charge is -2.66. The third-order valence-electron chi connectivity index (χ3n) is 10.9. The molecule has 6 atom stereocenters. The molecule has 0 unspecified atom stereocenters. The zero-order valence-corrected chi connectivity index (χ0v) is 25.3. The monoisotopic (exact) mass is 618 g/mol. The highest BCUT2D eigenvalue weighted by molar-refractivity contribution is 5.92. The SMILES string of the molecule is C[C@H]1C[C@@]2(O)[C@H]3Cc4ccc(O)c5c4[C@@]2(CCN3CCc2ccccc2)[C@@H](O5)[C@@H]1N(C)C(=O)C=Cc1cccc(C(F)(F)F)c1. The fourth-order valence-electron chi connectivity index (χ4n) is 8.90. The van der Waals surface area contributed by atoms with Gasteiger partial charge in [0.25, 0.3) is 0 Å². The molecule has 0 aromatic heterocycles. The number of amides is 1. The molecular formula is C36H37F3N2O4. The molecule has 1 saturated heterocycles. The normalized spacial score (nSPS) is 30.2. The van der Waals surface area contributed by atoms with Crippen LogP contribution in [-0.4, -0.2) is 69.8 Å². The van der Waals surface area contributed by atoms with Gasteiger partial charge in [0.05, 0.1) is 22.6 Å². The van der Waals surface area contributed by atoms with Crippen molar-refractivity contribution in [2.45, 2.75) is 68.0 Å². The summed E-state index contributed by atoms with van der Waals surface area (Å²) in [6.45, 7) is 3.55. The fourth-order valence-corrected chi connectivity index (χ4v) is 8.90. The van der Waals surface area contributed by atoms with E-state index in [1.807, 2.05) is 31.2 Å². The maximum absolute atomic E-state index is 13.6. The second-order valence-corrected chi connectivity index (χ2v) is 13.2. The van der Waals surface area contributed by atoms with Gasteiger partial charge in [0.2, 0.25) is 5.91 Å². The van der Waals surface area contributed by atoms with Crippen molar-refractivity contribution < 1.29 is 32.9 Å². The maximum atomic E-state index is 13.6. The number of benzene rings is 3. The van der Waals surface area contributed by atoms with Gasteiger partial charge in [-0.1, -0.05) is 55.5 Å². The molecule has 6 nitrogen and oxygen atoms in total. The minimum Gasteiger partial charge on any atom is -0.504 e. The number of carbonyl (C=O) groups is 1. The third kappa shape index (κ3) is 4.57. The summed E-state index contributed by atoms with van der Waals surface area (Å²) < 4.78 is 46.3. The van der Waals surface area contributed by atoms with Crippen LogP contribution in [0.5, 0.6) is 11.5 Å². The molecule has 1 amide bonds. The lowest BCUT2D eigenvalue weighted by Crippen LogP contribution is -2.79. The highest BCUT2D eigenvalue weighted by Gasteiger charge is 2.74. The molecule has 4 aliphatic rings. The van der Waals surface area contributed by atoms with Crippen LogP contribution in [0, 0.1) is 5.92 Å². The summed E-state index contributed by atoms with van der Waals surface area (Å²) in [6.07, 6.45) is 0.143. The summed E-state index contributed by atoms with van der Waals surface area (Å²) in [5, 5.41) is 23.9. The Balaban J connectivity index is 1.21. The zero-order valence-electron chi connectivity index (χ0n) is 25.3. The van der Waals surface area contributed by atoms with Crippen molar-refractivity contribution in [3.05, 3.63) is 101 Å². The lowest BCUT2D eigenvalue weighted by molar-refractivity contribution is -0.211. The van der Waals surface area contributed by atoms with E-state index in [-0.39, 0.29) is 29.2 Å². The van der Waals surface area contributed by atoms with Crippen molar-refractivity contribution in [1.82, 2.24) is 9.80 Å². The Morgan fingerprint density at radius 3 is 2.67 bits per heavy atom. The number of rotatable bonds is 6. The molecule has 3 aromatic rings. The van der Waals surface area contributed by atoms with Crippen LogP contribution < -0.4 is 4.74 Å². The minimum atomic E-state index is -4.48. The van der Waals surface area contributed by atoms with Crippen LogP contribution in [0.15, 0.2) is 72.8 Å². The van der Waals surface area contributed by atoms with Crippen molar-refractivity contribution in [2.75, 3.05) is 20.1 Å². The number of hydrogen-bond acceptors (Lipinski definition) is 5. The molecule has 2 fully saturated rings. The van der Waals surface area contributed by atoms with E-state index in [4.69, 9.17) is 4.74 Å². The summed E-state index contributed by atoms with van der Waals surface area (Å²) in [5.74, 6) is -0.123. The third-order valence-corrected chi connectivity index (χ3v) is 10.9. The molecule has 0 radical (unpaired) electrons. The summed E-state index contributed by atoms with van der Waals surface area (Å²) in [5.41, 5.74) is 0.687. The van der Waals surface area contributed by atoms with E-state index in [1.165, 1.54) is 29.8 Å². The quantitative estimate of drug-likeness (QED) is 0.353. The Morgan fingerprint density at radius 2 is 1.91 bits per heavy atom. The first kappa shape index (κ1) is 29.9. The first-order valence-electron chi connectivity index (χ1n) is 15.6. The topological polar surface area (TPSA) is 73.2 Å². The van der Waals surface area contributed by atoms with E-state index >= 15 is 0 Å². The smallest absolute Gasteiger partial charge is 0.416 e. The molecule has 2 N–H and O–H groups in total. The Kier molecular flexibility index (Phi) is 7.05. The highest BCUT2D eigenvalue weighted by atomic mass is 19.4. The number of aliphatic hydroxyl groups is 1.